The summed E-state index contributed by atoms with van der Waals surface area (Å²) in [5.41, 5.74) is 2.82. The number of rotatable bonds is 5. The number of hydrogen-bond donors (Lipinski definition) is 2. The lowest BCUT2D eigenvalue weighted by Crippen LogP contribution is -2.31. The van der Waals surface area contributed by atoms with E-state index in [1.165, 1.54) is 0 Å². The van der Waals surface area contributed by atoms with Crippen molar-refractivity contribution < 1.29 is 18.7 Å². The number of phenolic OH excluding ortho intramolecular Hbond substituents is 1. The first kappa shape index (κ1) is 21.9. The van der Waals surface area contributed by atoms with Gasteiger partial charge in [-0.2, -0.15) is 15.3 Å². The zero-order valence-electron chi connectivity index (χ0n) is 18.3. The molecule has 1 saturated carbocycles. The number of nitrogens with one attached hydrogen (secondary N) is 1. The molecular formula is C25H23F2N5O2. The smallest absolute Gasteiger partial charge is 0.251 e. The highest BCUT2D eigenvalue weighted by Gasteiger charge is 2.24. The third-order valence-corrected chi connectivity index (χ3v) is 6.46. The Labute approximate surface area is 194 Å². The average Bonchev–Trinajstić information content (AvgIpc) is 3.30. The number of halogens is 2. The van der Waals surface area contributed by atoms with Crippen LogP contribution in [0.15, 0.2) is 55.0 Å². The van der Waals surface area contributed by atoms with Crippen molar-refractivity contribution >= 4 is 16.8 Å². The number of hydrogen-bond acceptors (Lipinski definition) is 5. The summed E-state index contributed by atoms with van der Waals surface area (Å²) in [7, 11) is 0. The van der Waals surface area contributed by atoms with E-state index in [4.69, 9.17) is 5.10 Å². The maximum absolute atomic E-state index is 13.5. The van der Waals surface area contributed by atoms with Gasteiger partial charge in [0.2, 0.25) is 0 Å². The monoisotopic (exact) mass is 463 g/mol. The van der Waals surface area contributed by atoms with Crippen LogP contribution in [0.2, 0.25) is 0 Å². The van der Waals surface area contributed by atoms with Crippen LogP contribution in [0.5, 0.6) is 5.75 Å². The number of phenols is 1. The second kappa shape index (κ2) is 9.17. The molecule has 2 N–H and O–H groups in total. The van der Waals surface area contributed by atoms with Crippen LogP contribution in [0.1, 0.15) is 42.1 Å². The number of nitrogens with zero attached hydrogens (tertiary/aromatic N) is 4. The van der Waals surface area contributed by atoms with E-state index in [0.717, 1.165) is 59.8 Å². The molecule has 0 atom stereocenters. The number of benzene rings is 2. The van der Waals surface area contributed by atoms with Gasteiger partial charge in [-0.1, -0.05) is 12.1 Å². The molecule has 4 aromatic rings. The van der Waals surface area contributed by atoms with E-state index in [1.54, 1.807) is 12.4 Å². The molecule has 0 spiro atoms. The molecule has 2 aromatic carbocycles. The van der Waals surface area contributed by atoms with Gasteiger partial charge >= 0.3 is 0 Å². The van der Waals surface area contributed by atoms with E-state index < -0.39 is 23.3 Å². The average molecular weight is 463 g/mol. The van der Waals surface area contributed by atoms with Crippen LogP contribution in [0.4, 0.5) is 8.78 Å². The zero-order chi connectivity index (χ0) is 23.7. The third-order valence-electron chi connectivity index (χ3n) is 6.46. The lowest BCUT2D eigenvalue weighted by atomic mass is 9.86. The number of amides is 1. The van der Waals surface area contributed by atoms with Crippen molar-refractivity contribution in [2.45, 2.75) is 31.7 Å². The summed E-state index contributed by atoms with van der Waals surface area (Å²) < 4.78 is 29.0. The number of carbonyl (C=O) groups is 1. The molecule has 0 saturated heterocycles. The number of aromatic hydroxyl groups is 1. The van der Waals surface area contributed by atoms with Crippen molar-refractivity contribution in [1.29, 1.82) is 0 Å². The Balaban J connectivity index is 1.18. The molecule has 1 amide bonds. The van der Waals surface area contributed by atoms with Crippen LogP contribution in [0.3, 0.4) is 0 Å². The molecule has 2 aromatic heterocycles. The molecule has 1 aliphatic carbocycles. The van der Waals surface area contributed by atoms with Crippen molar-refractivity contribution in [2.75, 3.05) is 6.54 Å². The van der Waals surface area contributed by atoms with Crippen molar-refractivity contribution in [3.63, 3.8) is 0 Å². The first-order valence-electron chi connectivity index (χ1n) is 11.2. The van der Waals surface area contributed by atoms with Gasteiger partial charge in [-0.05, 0) is 61.4 Å². The minimum absolute atomic E-state index is 0.147. The Kier molecular flexibility index (Phi) is 5.91. The summed E-state index contributed by atoms with van der Waals surface area (Å²) in [6, 6.07) is 10.0. The maximum Gasteiger partial charge on any atom is 0.251 e. The topological polar surface area (TPSA) is 92.9 Å². The van der Waals surface area contributed by atoms with E-state index in [0.29, 0.717) is 6.54 Å². The molecule has 9 heteroatoms. The maximum atomic E-state index is 13.5. The molecule has 34 heavy (non-hydrogen) atoms. The lowest BCUT2D eigenvalue weighted by Gasteiger charge is -2.28. The van der Waals surface area contributed by atoms with Crippen LogP contribution in [-0.4, -0.2) is 37.5 Å². The van der Waals surface area contributed by atoms with E-state index >= 15 is 0 Å². The van der Waals surface area contributed by atoms with Crippen LogP contribution >= 0.6 is 0 Å². The Morgan fingerprint density at radius 1 is 1.03 bits per heavy atom. The van der Waals surface area contributed by atoms with Crippen LogP contribution < -0.4 is 5.32 Å². The fraction of sp³-hybridized carbons (Fsp3) is 0.280. The molecule has 1 fully saturated rings. The third kappa shape index (κ3) is 4.46. The van der Waals surface area contributed by atoms with Crippen molar-refractivity contribution in [1.82, 2.24) is 25.3 Å². The van der Waals surface area contributed by atoms with Gasteiger partial charge < -0.3 is 10.4 Å². The van der Waals surface area contributed by atoms with Crippen LogP contribution in [0, 0.1) is 17.6 Å². The summed E-state index contributed by atoms with van der Waals surface area (Å²) in [5.74, 6) is -3.66. The highest BCUT2D eigenvalue weighted by molar-refractivity contribution is 5.94. The molecule has 2 heterocycles. The SMILES string of the molecule is O=C(NCC1CCC(n2cc3ccc(-c4ccnnc4)cc3n2)CC1)c1cc(F)c(O)c(F)c1. The summed E-state index contributed by atoms with van der Waals surface area (Å²) in [6.07, 6.45) is 9.15. The zero-order valence-corrected chi connectivity index (χ0v) is 18.3. The van der Waals surface area contributed by atoms with E-state index in [9.17, 15) is 18.7 Å². The molecule has 1 aliphatic rings. The highest BCUT2D eigenvalue weighted by atomic mass is 19.1. The lowest BCUT2D eigenvalue weighted by molar-refractivity contribution is 0.0940. The van der Waals surface area contributed by atoms with E-state index in [2.05, 4.69) is 39.9 Å². The predicted octanol–water partition coefficient (Wildman–Crippen LogP) is 4.64. The van der Waals surface area contributed by atoms with Crippen molar-refractivity contribution in [2.24, 2.45) is 5.92 Å². The normalized spacial score (nSPS) is 18.2. The quantitative estimate of drug-likeness (QED) is 0.450. The van der Waals surface area contributed by atoms with Gasteiger partial charge in [0.25, 0.3) is 5.91 Å². The summed E-state index contributed by atoms with van der Waals surface area (Å²) in [4.78, 5) is 12.3. The van der Waals surface area contributed by atoms with Gasteiger partial charge in [-0.25, -0.2) is 8.78 Å². The van der Waals surface area contributed by atoms with Crippen molar-refractivity contribution in [3.05, 3.63) is 72.2 Å². The fourth-order valence-corrected chi connectivity index (χ4v) is 4.51. The Bertz CT molecular complexity index is 1310. The number of fused-ring (bicyclic) bond motifs is 1. The summed E-state index contributed by atoms with van der Waals surface area (Å²) in [6.45, 7) is 0.431. The summed E-state index contributed by atoms with van der Waals surface area (Å²) in [5, 5.41) is 25.6. The minimum Gasteiger partial charge on any atom is -0.503 e. The van der Waals surface area contributed by atoms with E-state index in [1.807, 2.05) is 10.7 Å². The van der Waals surface area contributed by atoms with Gasteiger partial charge in [0.05, 0.1) is 24.0 Å². The molecule has 5 rings (SSSR count). The van der Waals surface area contributed by atoms with Crippen LogP contribution in [0.25, 0.3) is 22.0 Å². The molecule has 0 aliphatic heterocycles. The first-order valence-corrected chi connectivity index (χ1v) is 11.2. The standard InChI is InChI=1S/C25H23F2N5O2/c26-21-9-19(10-22(27)24(21)33)25(34)28-12-15-1-5-20(6-2-15)32-14-18-4-3-16(11-23(18)31-32)17-7-8-29-30-13-17/h3-4,7-11,13-15,20,33H,1-2,5-6,12H2,(H,28,34). The minimum atomic E-state index is -1.15. The van der Waals surface area contributed by atoms with Gasteiger partial charge in [0, 0.05) is 29.3 Å². The van der Waals surface area contributed by atoms with E-state index in [-0.39, 0.29) is 17.5 Å². The predicted molar refractivity (Wildman–Crippen MR) is 122 cm³/mol. The van der Waals surface area contributed by atoms with Gasteiger partial charge in [-0.3, -0.25) is 9.48 Å². The fourth-order valence-electron chi connectivity index (χ4n) is 4.51. The van der Waals surface area contributed by atoms with Gasteiger partial charge in [-0.15, -0.1) is 0 Å². The molecule has 0 bridgehead atoms. The highest BCUT2D eigenvalue weighted by Crippen LogP contribution is 2.33. The number of aromatic nitrogens is 4. The Hall–Kier alpha value is -3.88. The second-order valence-electron chi connectivity index (χ2n) is 8.69. The summed E-state index contributed by atoms with van der Waals surface area (Å²) >= 11 is 0. The molecule has 0 radical (unpaired) electrons. The Morgan fingerprint density at radius 2 is 1.79 bits per heavy atom. The number of carbonyl (C=O) groups excluding carboxylic acids is 1. The molecule has 0 unspecified atom stereocenters. The van der Waals surface area contributed by atoms with Gasteiger partial charge in [0.15, 0.2) is 17.4 Å². The van der Waals surface area contributed by atoms with Gasteiger partial charge in [0.1, 0.15) is 0 Å². The molecular weight excluding hydrogens is 440 g/mol. The first-order chi connectivity index (χ1) is 16.5. The van der Waals surface area contributed by atoms with Crippen LogP contribution in [-0.2, 0) is 0 Å². The Morgan fingerprint density at radius 3 is 2.50 bits per heavy atom. The second-order valence-corrected chi connectivity index (χ2v) is 8.69. The largest absolute Gasteiger partial charge is 0.503 e. The molecule has 7 nitrogen and oxygen atoms in total. The van der Waals surface area contributed by atoms with Crippen molar-refractivity contribution in [3.8, 4) is 16.9 Å². The molecule has 174 valence electrons.